The molecule has 1 heterocycles. The molecule has 0 saturated carbocycles. The van der Waals surface area contributed by atoms with Gasteiger partial charge in [0, 0.05) is 18.3 Å². The lowest BCUT2D eigenvalue weighted by Gasteiger charge is -2.11. The Hall–Kier alpha value is -0.910. The first kappa shape index (κ1) is 8.19. The first-order valence-corrected chi connectivity index (χ1v) is 3.29. The molecule has 1 aromatic rings. The average Bonchev–Trinajstić information content (AvgIpc) is 2.39. The number of aliphatic hydroxyl groups is 2. The molecule has 0 unspecified atom stereocenters. The summed E-state index contributed by atoms with van der Waals surface area (Å²) in [7, 11) is 0. The number of hydrogen-bond acceptors (Lipinski definition) is 4. The first-order chi connectivity index (χ1) is 5.20. The summed E-state index contributed by atoms with van der Waals surface area (Å²) in [6.45, 7) is 0. The molecule has 0 aromatic carbocycles. The topological polar surface area (TPSA) is 95.2 Å². The van der Waals surface area contributed by atoms with Crippen molar-refractivity contribution in [1.29, 1.82) is 0 Å². The minimum Gasteiger partial charge on any atom is -0.367 e. The minimum absolute atomic E-state index is 0.387. The molecule has 0 aliphatic rings. The smallest absolute Gasteiger partial charge is 0.167 e. The molecule has 0 aliphatic carbocycles. The van der Waals surface area contributed by atoms with Gasteiger partial charge in [0.15, 0.2) is 6.29 Å². The van der Waals surface area contributed by atoms with Crippen molar-refractivity contribution in [2.24, 2.45) is 5.73 Å². The maximum atomic E-state index is 8.62. The van der Waals surface area contributed by atoms with Gasteiger partial charge >= 0.3 is 0 Å². The lowest BCUT2D eigenvalue weighted by Crippen LogP contribution is -2.36. The number of H-pyrrole nitrogens is 1. The van der Waals surface area contributed by atoms with Crippen LogP contribution in [0.4, 0.5) is 0 Å². The predicted octanol–water partition coefficient (Wildman–Crippen LogP) is -1.41. The molecule has 5 N–H and O–H groups in total. The average molecular weight is 157 g/mol. The predicted molar refractivity (Wildman–Crippen MR) is 38.5 cm³/mol. The molecule has 1 rings (SSSR count). The number of aliphatic hydroxyl groups excluding tert-OH is 1. The van der Waals surface area contributed by atoms with Gasteiger partial charge in [0.2, 0.25) is 0 Å². The standard InChI is InChI=1S/C6H11N3O2/c7-5(6(10)11)1-4-2-8-3-9-4/h2-3,5-6,10-11H,1,7H2,(H,8,9)/t5-/m0/s1. The van der Waals surface area contributed by atoms with Gasteiger partial charge in [0.1, 0.15) is 0 Å². The number of nitrogens with two attached hydrogens (primary N) is 1. The largest absolute Gasteiger partial charge is 0.367 e. The van der Waals surface area contributed by atoms with Gasteiger partial charge in [0.25, 0.3) is 0 Å². The number of aromatic nitrogens is 2. The van der Waals surface area contributed by atoms with E-state index in [2.05, 4.69) is 9.97 Å². The molecule has 62 valence electrons. The molecule has 0 amide bonds. The van der Waals surface area contributed by atoms with Gasteiger partial charge in [-0.05, 0) is 0 Å². The Morgan fingerprint density at radius 1 is 1.64 bits per heavy atom. The maximum Gasteiger partial charge on any atom is 0.167 e. The van der Waals surface area contributed by atoms with E-state index in [0.717, 1.165) is 5.69 Å². The summed E-state index contributed by atoms with van der Waals surface area (Å²) in [6, 6.07) is -0.657. The zero-order valence-electron chi connectivity index (χ0n) is 5.94. The van der Waals surface area contributed by atoms with Crippen LogP contribution in [-0.4, -0.2) is 32.5 Å². The van der Waals surface area contributed by atoms with E-state index in [9.17, 15) is 0 Å². The second kappa shape index (κ2) is 3.47. The summed E-state index contributed by atoms with van der Waals surface area (Å²) in [5, 5.41) is 17.2. The zero-order valence-corrected chi connectivity index (χ0v) is 5.94. The van der Waals surface area contributed by atoms with Crippen LogP contribution in [0.3, 0.4) is 0 Å². The Morgan fingerprint density at radius 2 is 2.36 bits per heavy atom. The third kappa shape index (κ3) is 2.30. The van der Waals surface area contributed by atoms with Crippen LogP contribution >= 0.6 is 0 Å². The Labute approximate surface area is 63.9 Å². The Morgan fingerprint density at radius 3 is 2.82 bits per heavy atom. The van der Waals surface area contributed by atoms with Gasteiger partial charge in [-0.15, -0.1) is 0 Å². The lowest BCUT2D eigenvalue weighted by molar-refractivity contribution is -0.0579. The Bertz CT molecular complexity index is 198. The minimum atomic E-state index is -1.47. The van der Waals surface area contributed by atoms with Gasteiger partial charge in [0.05, 0.1) is 12.4 Å². The van der Waals surface area contributed by atoms with E-state index in [1.807, 2.05) is 0 Å². The number of aromatic amines is 1. The molecule has 11 heavy (non-hydrogen) atoms. The van der Waals surface area contributed by atoms with Crippen LogP contribution in [0.25, 0.3) is 0 Å². The monoisotopic (exact) mass is 157 g/mol. The number of imidazole rings is 1. The van der Waals surface area contributed by atoms with Crippen molar-refractivity contribution in [2.75, 3.05) is 0 Å². The highest BCUT2D eigenvalue weighted by Gasteiger charge is 2.11. The van der Waals surface area contributed by atoms with Crippen LogP contribution in [0, 0.1) is 0 Å². The summed E-state index contributed by atoms with van der Waals surface area (Å²) in [5.41, 5.74) is 6.16. The third-order valence-electron chi connectivity index (χ3n) is 1.39. The van der Waals surface area contributed by atoms with Crippen LogP contribution in [0.1, 0.15) is 5.69 Å². The quantitative estimate of drug-likeness (QED) is 0.405. The van der Waals surface area contributed by atoms with Gasteiger partial charge in [-0.3, -0.25) is 0 Å². The lowest BCUT2D eigenvalue weighted by atomic mass is 10.2. The molecule has 0 radical (unpaired) electrons. The van der Waals surface area contributed by atoms with Gasteiger partial charge in [-0.25, -0.2) is 4.98 Å². The van der Waals surface area contributed by atoms with E-state index >= 15 is 0 Å². The number of hydrogen-bond donors (Lipinski definition) is 4. The molecule has 1 aromatic heterocycles. The fourth-order valence-corrected chi connectivity index (χ4v) is 0.756. The second-order valence-electron chi connectivity index (χ2n) is 2.36. The fourth-order valence-electron chi connectivity index (χ4n) is 0.756. The van der Waals surface area contributed by atoms with Crippen molar-refractivity contribution in [1.82, 2.24) is 9.97 Å². The highest BCUT2D eigenvalue weighted by Crippen LogP contribution is 1.97. The number of nitrogens with one attached hydrogen (secondary N) is 1. The van der Waals surface area contributed by atoms with Crippen LogP contribution in [-0.2, 0) is 6.42 Å². The van der Waals surface area contributed by atoms with Gasteiger partial charge in [-0.1, -0.05) is 0 Å². The molecule has 0 saturated heterocycles. The van der Waals surface area contributed by atoms with Crippen molar-refractivity contribution >= 4 is 0 Å². The zero-order chi connectivity index (χ0) is 8.27. The third-order valence-corrected chi connectivity index (χ3v) is 1.39. The molecule has 0 aliphatic heterocycles. The highest BCUT2D eigenvalue weighted by molar-refractivity contribution is 4.97. The van der Waals surface area contributed by atoms with Crippen molar-refractivity contribution in [3.05, 3.63) is 18.2 Å². The number of nitrogens with zero attached hydrogens (tertiary/aromatic N) is 1. The second-order valence-corrected chi connectivity index (χ2v) is 2.36. The van der Waals surface area contributed by atoms with Crippen molar-refractivity contribution in [3.8, 4) is 0 Å². The summed E-state index contributed by atoms with van der Waals surface area (Å²) < 4.78 is 0. The van der Waals surface area contributed by atoms with E-state index in [0.29, 0.717) is 6.42 Å². The van der Waals surface area contributed by atoms with Crippen LogP contribution in [0.5, 0.6) is 0 Å². The van der Waals surface area contributed by atoms with Gasteiger partial charge < -0.3 is 20.9 Å². The summed E-state index contributed by atoms with van der Waals surface area (Å²) in [6.07, 6.45) is 2.03. The van der Waals surface area contributed by atoms with E-state index in [4.69, 9.17) is 15.9 Å². The van der Waals surface area contributed by atoms with Crippen molar-refractivity contribution in [3.63, 3.8) is 0 Å². The Kier molecular flexibility index (Phi) is 2.58. The number of rotatable bonds is 3. The Balaban J connectivity index is 2.43. The fraction of sp³-hybridized carbons (Fsp3) is 0.500. The SMILES string of the molecule is N[C@@H](Cc1cnc[nH]1)C(O)O. The molecule has 0 spiro atoms. The van der Waals surface area contributed by atoms with Crippen LogP contribution in [0.15, 0.2) is 12.5 Å². The molecule has 0 bridgehead atoms. The van der Waals surface area contributed by atoms with Crippen LogP contribution < -0.4 is 5.73 Å². The molecule has 1 atom stereocenters. The van der Waals surface area contributed by atoms with Crippen molar-refractivity contribution < 1.29 is 10.2 Å². The summed E-state index contributed by atoms with van der Waals surface area (Å²) in [4.78, 5) is 6.57. The summed E-state index contributed by atoms with van der Waals surface area (Å²) in [5.74, 6) is 0. The highest BCUT2D eigenvalue weighted by atomic mass is 16.5. The first-order valence-electron chi connectivity index (χ1n) is 3.29. The maximum absolute atomic E-state index is 8.62. The normalized spacial score (nSPS) is 13.8. The molecular formula is C6H11N3O2. The summed E-state index contributed by atoms with van der Waals surface area (Å²) >= 11 is 0. The van der Waals surface area contributed by atoms with E-state index < -0.39 is 12.3 Å². The van der Waals surface area contributed by atoms with E-state index in [-0.39, 0.29) is 0 Å². The van der Waals surface area contributed by atoms with Crippen molar-refractivity contribution in [2.45, 2.75) is 18.8 Å². The molecule has 0 fully saturated rings. The molecule has 5 nitrogen and oxygen atoms in total. The van der Waals surface area contributed by atoms with E-state index in [1.165, 1.54) is 6.33 Å². The molecular weight excluding hydrogens is 146 g/mol. The van der Waals surface area contributed by atoms with Gasteiger partial charge in [-0.2, -0.15) is 0 Å². The van der Waals surface area contributed by atoms with E-state index in [1.54, 1.807) is 6.20 Å². The van der Waals surface area contributed by atoms with Crippen LogP contribution in [0.2, 0.25) is 0 Å². The molecule has 5 heteroatoms.